The van der Waals surface area contributed by atoms with Gasteiger partial charge in [0.1, 0.15) is 0 Å². The quantitative estimate of drug-likeness (QED) is 0.877. The van der Waals surface area contributed by atoms with E-state index in [9.17, 15) is 5.11 Å². The van der Waals surface area contributed by atoms with Crippen molar-refractivity contribution in [2.24, 2.45) is 0 Å². The molecule has 1 atom stereocenters. The van der Waals surface area contributed by atoms with Crippen molar-refractivity contribution in [2.45, 2.75) is 25.4 Å². The largest absolute Gasteiger partial charge is 0.394 e. The van der Waals surface area contributed by atoms with Crippen LogP contribution in [0, 0.1) is 0 Å². The molecule has 0 radical (unpaired) electrons. The summed E-state index contributed by atoms with van der Waals surface area (Å²) in [7, 11) is 0. The average molecular weight is 299 g/mol. The molecule has 17 heavy (non-hydrogen) atoms. The molecule has 1 saturated heterocycles. The van der Waals surface area contributed by atoms with Crippen LogP contribution in [0.5, 0.6) is 0 Å². The molecule has 4 heteroatoms. The van der Waals surface area contributed by atoms with Gasteiger partial charge in [0, 0.05) is 28.8 Å². The van der Waals surface area contributed by atoms with E-state index in [0.29, 0.717) is 0 Å². The summed E-state index contributed by atoms with van der Waals surface area (Å²) in [6.07, 6.45) is 0. The minimum atomic E-state index is 0.00639. The number of hydrogen-bond donors (Lipinski definition) is 2. The van der Waals surface area contributed by atoms with Gasteiger partial charge < -0.3 is 15.3 Å². The maximum Gasteiger partial charge on any atom is 0.0651 e. The number of aliphatic hydroxyl groups excluding tert-OH is 1. The Morgan fingerprint density at radius 2 is 2.29 bits per heavy atom. The van der Waals surface area contributed by atoms with Crippen molar-refractivity contribution in [3.63, 3.8) is 0 Å². The van der Waals surface area contributed by atoms with Crippen molar-refractivity contribution in [2.75, 3.05) is 24.6 Å². The Kier molecular flexibility index (Phi) is 3.76. The van der Waals surface area contributed by atoms with Crippen LogP contribution < -0.4 is 10.2 Å². The van der Waals surface area contributed by atoms with Crippen LogP contribution in [0.4, 0.5) is 5.69 Å². The maximum atomic E-state index is 9.53. The molecule has 1 unspecified atom stereocenters. The number of hydrogen-bond acceptors (Lipinski definition) is 3. The van der Waals surface area contributed by atoms with Crippen LogP contribution >= 0.6 is 15.9 Å². The lowest BCUT2D eigenvalue weighted by molar-refractivity contribution is 0.212. The van der Waals surface area contributed by atoms with E-state index in [2.05, 4.69) is 52.1 Å². The van der Waals surface area contributed by atoms with Gasteiger partial charge in [0.25, 0.3) is 0 Å². The summed E-state index contributed by atoms with van der Waals surface area (Å²) in [5.41, 5.74) is 1.16. The minimum Gasteiger partial charge on any atom is -0.394 e. The zero-order chi connectivity index (χ0) is 12.5. The number of nitrogens with zero attached hydrogens (tertiary/aromatic N) is 1. The van der Waals surface area contributed by atoms with Crippen molar-refractivity contribution in [3.8, 4) is 0 Å². The van der Waals surface area contributed by atoms with E-state index in [0.717, 1.165) is 23.2 Å². The first-order valence-electron chi connectivity index (χ1n) is 5.91. The zero-order valence-electron chi connectivity index (χ0n) is 10.3. The van der Waals surface area contributed by atoms with Gasteiger partial charge in [0.05, 0.1) is 12.6 Å². The first-order chi connectivity index (χ1) is 8.04. The third-order valence-electron chi connectivity index (χ3n) is 3.25. The summed E-state index contributed by atoms with van der Waals surface area (Å²) in [5, 5.41) is 12.9. The van der Waals surface area contributed by atoms with Crippen LogP contribution in [0.25, 0.3) is 0 Å². The predicted molar refractivity (Wildman–Crippen MR) is 74.4 cm³/mol. The summed E-state index contributed by atoms with van der Waals surface area (Å²) < 4.78 is 1.07. The molecule has 1 aromatic carbocycles. The summed E-state index contributed by atoms with van der Waals surface area (Å²) in [4.78, 5) is 2.31. The third-order valence-corrected chi connectivity index (χ3v) is 3.75. The molecule has 0 saturated carbocycles. The molecule has 0 aromatic heterocycles. The Morgan fingerprint density at radius 3 is 2.94 bits per heavy atom. The number of nitrogens with one attached hydrogen (secondary N) is 1. The van der Waals surface area contributed by atoms with Gasteiger partial charge in [-0.3, -0.25) is 0 Å². The summed E-state index contributed by atoms with van der Waals surface area (Å²) in [6.45, 7) is 6.32. The fourth-order valence-corrected chi connectivity index (χ4v) is 2.94. The molecule has 1 aliphatic rings. The van der Waals surface area contributed by atoms with E-state index in [1.165, 1.54) is 0 Å². The van der Waals surface area contributed by atoms with E-state index < -0.39 is 0 Å². The standard InChI is InChI=1S/C13H19BrN2O/c1-13(2)9-15-7-12(8-17)16(13)11-5-3-4-10(14)6-11/h3-6,12,15,17H,7-9H2,1-2H3. The lowest BCUT2D eigenvalue weighted by atomic mass is 9.95. The van der Waals surface area contributed by atoms with Gasteiger partial charge in [0.15, 0.2) is 0 Å². The molecule has 1 aromatic rings. The number of halogens is 1. The van der Waals surface area contributed by atoms with Gasteiger partial charge in [0.2, 0.25) is 0 Å². The molecular weight excluding hydrogens is 280 g/mol. The average Bonchev–Trinajstić information content (AvgIpc) is 2.27. The highest BCUT2D eigenvalue weighted by atomic mass is 79.9. The van der Waals surface area contributed by atoms with Crippen molar-refractivity contribution in [3.05, 3.63) is 28.7 Å². The van der Waals surface area contributed by atoms with Crippen LogP contribution in [-0.4, -0.2) is 36.4 Å². The number of aliphatic hydroxyl groups is 1. The zero-order valence-corrected chi connectivity index (χ0v) is 11.9. The highest BCUT2D eigenvalue weighted by Gasteiger charge is 2.35. The SMILES string of the molecule is CC1(C)CNCC(CO)N1c1cccc(Br)c1. The van der Waals surface area contributed by atoms with Crippen LogP contribution in [0.1, 0.15) is 13.8 Å². The summed E-state index contributed by atoms with van der Waals surface area (Å²) >= 11 is 3.50. The first kappa shape index (κ1) is 12.9. The second-order valence-electron chi connectivity index (χ2n) is 5.13. The number of anilines is 1. The first-order valence-corrected chi connectivity index (χ1v) is 6.70. The smallest absolute Gasteiger partial charge is 0.0651 e. The Hall–Kier alpha value is -0.580. The van der Waals surface area contributed by atoms with Gasteiger partial charge >= 0.3 is 0 Å². The van der Waals surface area contributed by atoms with E-state index in [-0.39, 0.29) is 18.2 Å². The van der Waals surface area contributed by atoms with E-state index in [1.54, 1.807) is 0 Å². The molecule has 0 bridgehead atoms. The fourth-order valence-electron chi connectivity index (χ4n) is 2.55. The highest BCUT2D eigenvalue weighted by molar-refractivity contribution is 9.10. The molecule has 0 spiro atoms. The number of piperazine rings is 1. The Labute approximate surface area is 111 Å². The van der Waals surface area contributed by atoms with Crippen molar-refractivity contribution in [1.29, 1.82) is 0 Å². The van der Waals surface area contributed by atoms with E-state index in [4.69, 9.17) is 0 Å². The molecule has 3 nitrogen and oxygen atoms in total. The second-order valence-corrected chi connectivity index (χ2v) is 6.05. The van der Waals surface area contributed by atoms with Crippen LogP contribution in [0.2, 0.25) is 0 Å². The molecule has 1 aliphatic heterocycles. The van der Waals surface area contributed by atoms with E-state index >= 15 is 0 Å². The Bertz CT molecular complexity index is 395. The molecule has 1 heterocycles. The van der Waals surface area contributed by atoms with Gasteiger partial charge in [-0.1, -0.05) is 22.0 Å². The maximum absolute atomic E-state index is 9.53. The Morgan fingerprint density at radius 1 is 1.53 bits per heavy atom. The van der Waals surface area contributed by atoms with Gasteiger partial charge in [-0.2, -0.15) is 0 Å². The van der Waals surface area contributed by atoms with Gasteiger partial charge in [-0.15, -0.1) is 0 Å². The second kappa shape index (κ2) is 4.96. The topological polar surface area (TPSA) is 35.5 Å². The number of benzene rings is 1. The number of rotatable bonds is 2. The van der Waals surface area contributed by atoms with Crippen LogP contribution in [-0.2, 0) is 0 Å². The van der Waals surface area contributed by atoms with Crippen LogP contribution in [0.15, 0.2) is 28.7 Å². The lowest BCUT2D eigenvalue weighted by Crippen LogP contribution is -2.64. The third kappa shape index (κ3) is 2.64. The molecule has 0 aliphatic carbocycles. The molecule has 2 rings (SSSR count). The van der Waals surface area contributed by atoms with Crippen LogP contribution in [0.3, 0.4) is 0 Å². The minimum absolute atomic E-state index is 0.00639. The van der Waals surface area contributed by atoms with Crippen molar-refractivity contribution in [1.82, 2.24) is 5.32 Å². The van der Waals surface area contributed by atoms with Gasteiger partial charge in [-0.25, -0.2) is 0 Å². The predicted octanol–water partition coefficient (Wildman–Crippen LogP) is 2.00. The summed E-state index contributed by atoms with van der Waals surface area (Å²) in [5.74, 6) is 0. The van der Waals surface area contributed by atoms with Gasteiger partial charge in [-0.05, 0) is 32.0 Å². The summed E-state index contributed by atoms with van der Waals surface area (Å²) in [6, 6.07) is 8.39. The Balaban J connectivity index is 2.37. The molecule has 94 valence electrons. The highest BCUT2D eigenvalue weighted by Crippen LogP contribution is 2.30. The molecule has 2 N–H and O–H groups in total. The van der Waals surface area contributed by atoms with Crippen molar-refractivity contribution >= 4 is 21.6 Å². The fraction of sp³-hybridized carbons (Fsp3) is 0.538. The monoisotopic (exact) mass is 298 g/mol. The lowest BCUT2D eigenvalue weighted by Gasteiger charge is -2.49. The molecular formula is C13H19BrN2O. The molecule has 1 fully saturated rings. The van der Waals surface area contributed by atoms with E-state index in [1.807, 2.05) is 12.1 Å². The van der Waals surface area contributed by atoms with Crippen molar-refractivity contribution < 1.29 is 5.11 Å². The normalized spacial score (nSPS) is 23.8. The molecule has 0 amide bonds.